The summed E-state index contributed by atoms with van der Waals surface area (Å²) < 4.78 is 0. The molecule has 3 nitrogen and oxygen atoms in total. The lowest BCUT2D eigenvalue weighted by molar-refractivity contribution is -0.785. The predicted molar refractivity (Wildman–Crippen MR) is 44.7 cm³/mol. The molecule has 2 atom stereocenters. The van der Waals surface area contributed by atoms with Crippen LogP contribution in [0.3, 0.4) is 0 Å². The summed E-state index contributed by atoms with van der Waals surface area (Å²) in [5, 5.41) is 11.1. The molecule has 0 saturated heterocycles. The van der Waals surface area contributed by atoms with E-state index in [4.69, 9.17) is 5.73 Å². The van der Waals surface area contributed by atoms with E-state index < -0.39 is 0 Å². The van der Waals surface area contributed by atoms with E-state index in [1.807, 2.05) is 19.1 Å². The first kappa shape index (κ1) is 8.46. The number of hydroxylamine groups is 2. The van der Waals surface area contributed by atoms with Gasteiger partial charge in [-0.2, -0.15) is 0 Å². The van der Waals surface area contributed by atoms with Gasteiger partial charge in [0.25, 0.3) is 0 Å². The highest BCUT2D eigenvalue weighted by Gasteiger charge is 2.14. The third-order valence-corrected chi connectivity index (χ3v) is 1.93. The largest absolute Gasteiger partial charge is 0.629 e. The van der Waals surface area contributed by atoms with Gasteiger partial charge in [0.2, 0.25) is 0 Å². The van der Waals surface area contributed by atoms with Crippen molar-refractivity contribution in [3.63, 3.8) is 0 Å². The Hall–Kier alpha value is -0.640. The minimum Gasteiger partial charge on any atom is -0.629 e. The normalized spacial score (nSPS) is 27.5. The first-order valence-corrected chi connectivity index (χ1v) is 3.75. The van der Waals surface area contributed by atoms with Crippen LogP contribution in [0.25, 0.3) is 0 Å². The molecular formula is C8H14N2O. The maximum absolute atomic E-state index is 11.0. The van der Waals surface area contributed by atoms with Crippen molar-refractivity contribution in [3.05, 3.63) is 28.6 Å². The van der Waals surface area contributed by atoms with Crippen LogP contribution >= 0.6 is 0 Å². The van der Waals surface area contributed by atoms with Crippen LogP contribution in [0, 0.1) is 5.21 Å². The molecule has 2 unspecified atom stereocenters. The van der Waals surface area contributed by atoms with Crippen molar-refractivity contribution in [3.8, 4) is 0 Å². The second-order valence-electron chi connectivity index (χ2n) is 2.94. The van der Waals surface area contributed by atoms with Gasteiger partial charge in [-0.15, -0.1) is 0 Å². The predicted octanol–water partition coefficient (Wildman–Crippen LogP) is -0.440. The lowest BCUT2D eigenvalue weighted by atomic mass is 10.0. The lowest BCUT2D eigenvalue weighted by Crippen LogP contribution is -3.02. The SMILES string of the molecule is CC1=C([NH+](C)[O-])CC(N)C=C1. The molecule has 3 heteroatoms. The second kappa shape index (κ2) is 3.17. The fourth-order valence-corrected chi connectivity index (χ4v) is 1.25. The zero-order valence-corrected chi connectivity index (χ0v) is 6.92. The molecule has 0 aliphatic heterocycles. The zero-order valence-electron chi connectivity index (χ0n) is 6.92. The summed E-state index contributed by atoms with van der Waals surface area (Å²) in [5.74, 6) is 0. The van der Waals surface area contributed by atoms with Gasteiger partial charge in [0.15, 0.2) is 0 Å². The number of quaternary nitrogens is 1. The topological polar surface area (TPSA) is 53.5 Å². The molecule has 1 aliphatic rings. The first-order chi connectivity index (χ1) is 5.11. The molecule has 0 bridgehead atoms. The summed E-state index contributed by atoms with van der Waals surface area (Å²) in [7, 11) is 1.59. The Balaban J connectivity index is 2.81. The lowest BCUT2D eigenvalue weighted by Gasteiger charge is -2.24. The van der Waals surface area contributed by atoms with Crippen LogP contribution in [0.2, 0.25) is 0 Å². The molecule has 0 spiro atoms. The Morgan fingerprint density at radius 2 is 2.36 bits per heavy atom. The molecule has 1 rings (SSSR count). The van der Waals surface area contributed by atoms with Crippen LogP contribution in [0.15, 0.2) is 23.4 Å². The van der Waals surface area contributed by atoms with E-state index in [2.05, 4.69) is 0 Å². The van der Waals surface area contributed by atoms with Gasteiger partial charge < -0.3 is 16.0 Å². The van der Waals surface area contributed by atoms with Crippen molar-refractivity contribution < 1.29 is 5.06 Å². The standard InChI is InChI=1S/C8H14N2O/c1-6-3-4-7(9)5-8(6)10(2)11/h3-4,7,10H,5,9H2,1-2H3. The highest BCUT2D eigenvalue weighted by Crippen LogP contribution is 2.12. The molecule has 0 saturated carbocycles. The van der Waals surface area contributed by atoms with Crippen LogP contribution in [0.5, 0.6) is 0 Å². The van der Waals surface area contributed by atoms with Gasteiger partial charge >= 0.3 is 0 Å². The quantitative estimate of drug-likeness (QED) is 0.503. The smallest absolute Gasteiger partial charge is 0.112 e. The Bertz CT molecular complexity index is 206. The molecular weight excluding hydrogens is 140 g/mol. The number of allylic oxidation sites excluding steroid dienone is 2. The minimum absolute atomic E-state index is 0.0256. The molecule has 0 heterocycles. The fraction of sp³-hybridized carbons (Fsp3) is 0.500. The van der Waals surface area contributed by atoms with Crippen LogP contribution < -0.4 is 10.8 Å². The van der Waals surface area contributed by atoms with Gasteiger partial charge in [-0.05, 0) is 6.92 Å². The zero-order chi connectivity index (χ0) is 8.43. The number of hydrogen-bond acceptors (Lipinski definition) is 2. The van der Waals surface area contributed by atoms with Crippen LogP contribution in [-0.4, -0.2) is 13.1 Å². The van der Waals surface area contributed by atoms with Crippen molar-refractivity contribution in [2.24, 2.45) is 5.73 Å². The molecule has 11 heavy (non-hydrogen) atoms. The van der Waals surface area contributed by atoms with Gasteiger partial charge in [0.05, 0.1) is 7.05 Å². The second-order valence-corrected chi connectivity index (χ2v) is 2.94. The summed E-state index contributed by atoms with van der Waals surface area (Å²) >= 11 is 0. The van der Waals surface area contributed by atoms with Gasteiger partial charge in [0, 0.05) is 18.0 Å². The van der Waals surface area contributed by atoms with Crippen LogP contribution in [0.4, 0.5) is 0 Å². The van der Waals surface area contributed by atoms with Crippen molar-refractivity contribution in [2.45, 2.75) is 19.4 Å². The number of rotatable bonds is 1. The van der Waals surface area contributed by atoms with E-state index in [1.54, 1.807) is 7.05 Å². The first-order valence-electron chi connectivity index (χ1n) is 3.75. The number of nitrogens with one attached hydrogen (secondary N) is 1. The average molecular weight is 154 g/mol. The van der Waals surface area contributed by atoms with Crippen molar-refractivity contribution in [1.82, 2.24) is 0 Å². The van der Waals surface area contributed by atoms with Crippen LogP contribution in [0.1, 0.15) is 13.3 Å². The molecule has 0 aromatic carbocycles. The van der Waals surface area contributed by atoms with Crippen molar-refractivity contribution >= 4 is 0 Å². The van der Waals surface area contributed by atoms with Gasteiger partial charge in [-0.25, -0.2) is 0 Å². The van der Waals surface area contributed by atoms with E-state index in [0.717, 1.165) is 11.3 Å². The van der Waals surface area contributed by atoms with Gasteiger partial charge in [-0.1, -0.05) is 12.2 Å². The van der Waals surface area contributed by atoms with E-state index in [1.165, 1.54) is 0 Å². The molecule has 0 fully saturated rings. The highest BCUT2D eigenvalue weighted by atomic mass is 16.5. The van der Waals surface area contributed by atoms with Crippen molar-refractivity contribution in [2.75, 3.05) is 7.05 Å². The average Bonchev–Trinajstić information content (AvgIpc) is 1.94. The molecule has 0 aromatic heterocycles. The third-order valence-electron chi connectivity index (χ3n) is 1.93. The van der Waals surface area contributed by atoms with Crippen molar-refractivity contribution in [1.29, 1.82) is 0 Å². The summed E-state index contributed by atoms with van der Waals surface area (Å²) in [6, 6.07) is 0.0256. The summed E-state index contributed by atoms with van der Waals surface area (Å²) in [4.78, 5) is 0. The molecule has 62 valence electrons. The maximum Gasteiger partial charge on any atom is 0.112 e. The number of nitrogens with two attached hydrogens (primary N) is 1. The third kappa shape index (κ3) is 1.89. The monoisotopic (exact) mass is 154 g/mol. The van der Waals surface area contributed by atoms with Crippen LogP contribution in [-0.2, 0) is 0 Å². The molecule has 0 amide bonds. The highest BCUT2D eigenvalue weighted by molar-refractivity contribution is 5.26. The minimum atomic E-state index is 0.0256. The van der Waals surface area contributed by atoms with Gasteiger partial charge in [0.1, 0.15) is 5.70 Å². The fourth-order valence-electron chi connectivity index (χ4n) is 1.25. The Morgan fingerprint density at radius 3 is 2.82 bits per heavy atom. The van der Waals surface area contributed by atoms with E-state index in [9.17, 15) is 5.21 Å². The molecule has 0 radical (unpaired) electrons. The molecule has 1 aliphatic carbocycles. The number of hydrogen-bond donors (Lipinski definition) is 2. The Morgan fingerprint density at radius 1 is 1.73 bits per heavy atom. The Kier molecular flexibility index (Phi) is 2.44. The molecule has 3 N–H and O–H groups in total. The van der Waals surface area contributed by atoms with E-state index in [0.29, 0.717) is 6.42 Å². The summed E-state index contributed by atoms with van der Waals surface area (Å²) in [6.45, 7) is 1.94. The maximum atomic E-state index is 11.0. The van der Waals surface area contributed by atoms with Gasteiger partial charge in [-0.3, -0.25) is 0 Å². The Labute approximate surface area is 66.8 Å². The summed E-state index contributed by atoms with van der Waals surface area (Å²) in [5.41, 5.74) is 7.58. The van der Waals surface area contributed by atoms with E-state index >= 15 is 0 Å². The summed E-state index contributed by atoms with van der Waals surface area (Å²) in [6.07, 6.45) is 4.55. The van der Waals surface area contributed by atoms with E-state index in [-0.39, 0.29) is 11.1 Å². The molecule has 0 aromatic rings.